The third-order valence-electron chi connectivity index (χ3n) is 2.44. The van der Waals surface area contributed by atoms with Crippen molar-refractivity contribution in [1.29, 1.82) is 0 Å². The Labute approximate surface area is 113 Å². The molecule has 0 saturated carbocycles. The number of aryl methyl sites for hydroxylation is 1. The fourth-order valence-electron chi connectivity index (χ4n) is 1.60. The average molecular weight is 282 g/mol. The molecule has 0 unspecified atom stereocenters. The summed E-state index contributed by atoms with van der Waals surface area (Å²) < 4.78 is 0. The molecule has 6 heteroatoms. The molecule has 0 aliphatic heterocycles. The summed E-state index contributed by atoms with van der Waals surface area (Å²) in [6, 6.07) is 0. The van der Waals surface area contributed by atoms with Crippen molar-refractivity contribution in [2.45, 2.75) is 25.8 Å². The van der Waals surface area contributed by atoms with E-state index >= 15 is 0 Å². The van der Waals surface area contributed by atoms with Crippen LogP contribution in [0, 0.1) is 12.8 Å². The van der Waals surface area contributed by atoms with Crippen molar-refractivity contribution < 1.29 is 9.90 Å². The third kappa shape index (κ3) is 2.49. The molecule has 4 nitrogen and oxygen atoms in total. The molecule has 0 atom stereocenters. The van der Waals surface area contributed by atoms with Gasteiger partial charge in [0.1, 0.15) is 21.1 Å². The molecule has 0 aromatic carbocycles. The van der Waals surface area contributed by atoms with Crippen LogP contribution in [-0.4, -0.2) is 26.8 Å². The lowest BCUT2D eigenvalue weighted by atomic mass is 10.2. The summed E-state index contributed by atoms with van der Waals surface area (Å²) in [5.74, 6) is 0.636. The SMILES string of the molecule is Cc1c(C(=O)O)sc2ncnc(SCC(C)C)c12. The zero-order valence-electron chi connectivity index (χ0n) is 10.4. The number of aromatic carboxylic acids is 1. The van der Waals surface area contributed by atoms with Gasteiger partial charge in [-0.1, -0.05) is 13.8 Å². The van der Waals surface area contributed by atoms with E-state index in [2.05, 4.69) is 23.8 Å². The maximum Gasteiger partial charge on any atom is 0.346 e. The molecule has 0 saturated heterocycles. The smallest absolute Gasteiger partial charge is 0.346 e. The van der Waals surface area contributed by atoms with Crippen molar-refractivity contribution in [3.05, 3.63) is 16.8 Å². The van der Waals surface area contributed by atoms with Gasteiger partial charge in [0.05, 0.1) is 0 Å². The molecule has 2 aromatic rings. The van der Waals surface area contributed by atoms with E-state index in [-0.39, 0.29) is 0 Å². The lowest BCUT2D eigenvalue weighted by Crippen LogP contribution is -1.95. The molecule has 0 amide bonds. The van der Waals surface area contributed by atoms with E-state index in [1.165, 1.54) is 17.7 Å². The van der Waals surface area contributed by atoms with Gasteiger partial charge in [-0.3, -0.25) is 0 Å². The van der Waals surface area contributed by atoms with Gasteiger partial charge >= 0.3 is 5.97 Å². The van der Waals surface area contributed by atoms with Gasteiger partial charge in [-0.25, -0.2) is 14.8 Å². The molecule has 0 radical (unpaired) electrons. The zero-order chi connectivity index (χ0) is 13.3. The number of carbonyl (C=O) groups is 1. The van der Waals surface area contributed by atoms with E-state index < -0.39 is 5.97 Å². The summed E-state index contributed by atoms with van der Waals surface area (Å²) in [4.78, 5) is 20.7. The highest BCUT2D eigenvalue weighted by molar-refractivity contribution is 7.99. The number of hydrogen-bond donors (Lipinski definition) is 1. The number of thioether (sulfide) groups is 1. The van der Waals surface area contributed by atoms with Gasteiger partial charge in [-0.05, 0) is 18.4 Å². The highest BCUT2D eigenvalue weighted by atomic mass is 32.2. The van der Waals surface area contributed by atoms with E-state index in [1.54, 1.807) is 11.8 Å². The van der Waals surface area contributed by atoms with E-state index in [1.807, 2.05) is 6.92 Å². The first kappa shape index (κ1) is 13.3. The number of aromatic nitrogens is 2. The monoisotopic (exact) mass is 282 g/mol. The molecule has 0 spiro atoms. The second-order valence-electron chi connectivity index (χ2n) is 4.43. The van der Waals surface area contributed by atoms with Gasteiger partial charge in [0.2, 0.25) is 0 Å². The lowest BCUT2D eigenvalue weighted by Gasteiger charge is -2.05. The lowest BCUT2D eigenvalue weighted by molar-refractivity contribution is 0.0701. The molecule has 2 rings (SSSR count). The normalized spacial score (nSPS) is 11.3. The maximum absolute atomic E-state index is 11.1. The van der Waals surface area contributed by atoms with Crippen LogP contribution in [0.2, 0.25) is 0 Å². The van der Waals surface area contributed by atoms with Crippen LogP contribution in [0.1, 0.15) is 29.1 Å². The number of carboxylic acids is 1. The molecule has 96 valence electrons. The molecule has 2 heterocycles. The number of rotatable bonds is 4. The van der Waals surface area contributed by atoms with Gasteiger partial charge in [0.15, 0.2) is 0 Å². The molecule has 2 aromatic heterocycles. The number of carboxylic acid groups (broad SMARTS) is 1. The Kier molecular flexibility index (Phi) is 3.87. The summed E-state index contributed by atoms with van der Waals surface area (Å²) in [5.41, 5.74) is 0.773. The standard InChI is InChI=1S/C12H14N2O2S2/c1-6(2)4-17-10-8-7(3)9(12(15)16)18-11(8)14-5-13-10/h5-6H,4H2,1-3H3,(H,15,16). The van der Waals surface area contributed by atoms with Gasteiger partial charge < -0.3 is 5.11 Å². The maximum atomic E-state index is 11.1. The molecule has 0 fully saturated rings. The Hall–Kier alpha value is -1.14. The van der Waals surface area contributed by atoms with Crippen molar-refractivity contribution in [3.8, 4) is 0 Å². The first-order valence-corrected chi connectivity index (χ1v) is 7.41. The van der Waals surface area contributed by atoms with Gasteiger partial charge in [-0.2, -0.15) is 0 Å². The van der Waals surface area contributed by atoms with Crippen molar-refractivity contribution >= 4 is 39.3 Å². The average Bonchev–Trinajstić information content (AvgIpc) is 2.65. The summed E-state index contributed by atoms with van der Waals surface area (Å²) >= 11 is 2.88. The zero-order valence-corrected chi connectivity index (χ0v) is 12.1. The van der Waals surface area contributed by atoms with E-state index in [0.717, 1.165) is 26.6 Å². The minimum Gasteiger partial charge on any atom is -0.477 e. The Bertz CT molecular complexity index is 593. The Morgan fingerprint density at radius 3 is 2.83 bits per heavy atom. The van der Waals surface area contributed by atoms with Crippen molar-refractivity contribution in [2.75, 3.05) is 5.75 Å². The number of thiophene rings is 1. The van der Waals surface area contributed by atoms with Crippen molar-refractivity contribution in [3.63, 3.8) is 0 Å². The quantitative estimate of drug-likeness (QED) is 0.687. The minimum absolute atomic E-state index is 0.358. The van der Waals surface area contributed by atoms with Crippen LogP contribution in [0.5, 0.6) is 0 Å². The van der Waals surface area contributed by atoms with E-state index in [0.29, 0.717) is 10.8 Å². The van der Waals surface area contributed by atoms with Crippen LogP contribution in [0.25, 0.3) is 10.2 Å². The molecular formula is C12H14N2O2S2. The fraction of sp³-hybridized carbons (Fsp3) is 0.417. The summed E-state index contributed by atoms with van der Waals surface area (Å²) in [7, 11) is 0. The Morgan fingerprint density at radius 2 is 2.22 bits per heavy atom. The second-order valence-corrected chi connectivity index (χ2v) is 6.43. The second kappa shape index (κ2) is 5.24. The Morgan fingerprint density at radius 1 is 1.50 bits per heavy atom. The van der Waals surface area contributed by atoms with Crippen LogP contribution in [0.15, 0.2) is 11.4 Å². The molecule has 0 bridgehead atoms. The largest absolute Gasteiger partial charge is 0.477 e. The molecule has 1 N–H and O–H groups in total. The van der Waals surface area contributed by atoms with E-state index in [9.17, 15) is 4.79 Å². The third-order valence-corrected chi connectivity index (χ3v) is 5.04. The summed E-state index contributed by atoms with van der Waals surface area (Å²) in [5, 5.41) is 10.9. The molecule has 0 aliphatic rings. The minimum atomic E-state index is -0.893. The Balaban J connectivity index is 2.51. The highest BCUT2D eigenvalue weighted by Gasteiger charge is 2.18. The van der Waals surface area contributed by atoms with Crippen molar-refractivity contribution in [2.24, 2.45) is 5.92 Å². The summed E-state index contributed by atoms with van der Waals surface area (Å²) in [6.07, 6.45) is 1.51. The highest BCUT2D eigenvalue weighted by Crippen LogP contribution is 2.35. The van der Waals surface area contributed by atoms with Crippen LogP contribution in [0.4, 0.5) is 0 Å². The van der Waals surface area contributed by atoms with Crippen LogP contribution < -0.4 is 0 Å². The topological polar surface area (TPSA) is 63.1 Å². The van der Waals surface area contributed by atoms with Crippen LogP contribution >= 0.6 is 23.1 Å². The molecule has 18 heavy (non-hydrogen) atoms. The van der Waals surface area contributed by atoms with Gasteiger partial charge in [0.25, 0.3) is 0 Å². The number of fused-ring (bicyclic) bond motifs is 1. The predicted molar refractivity (Wildman–Crippen MR) is 74.7 cm³/mol. The first-order chi connectivity index (χ1) is 8.50. The molecule has 0 aliphatic carbocycles. The number of nitrogens with zero attached hydrogens (tertiary/aromatic N) is 2. The summed E-state index contributed by atoms with van der Waals surface area (Å²) in [6.45, 7) is 6.12. The van der Waals surface area contributed by atoms with Crippen LogP contribution in [-0.2, 0) is 0 Å². The predicted octanol–water partition coefficient (Wildman–Crippen LogP) is 3.45. The number of hydrogen-bond acceptors (Lipinski definition) is 5. The van der Waals surface area contributed by atoms with Gasteiger partial charge in [0, 0.05) is 11.1 Å². The van der Waals surface area contributed by atoms with Crippen LogP contribution in [0.3, 0.4) is 0 Å². The van der Waals surface area contributed by atoms with Gasteiger partial charge in [-0.15, -0.1) is 23.1 Å². The van der Waals surface area contributed by atoms with Crippen molar-refractivity contribution in [1.82, 2.24) is 9.97 Å². The fourth-order valence-corrected chi connectivity index (χ4v) is 3.66. The molecular weight excluding hydrogens is 268 g/mol. The van der Waals surface area contributed by atoms with E-state index in [4.69, 9.17) is 5.11 Å². The first-order valence-electron chi connectivity index (χ1n) is 5.61.